The minimum Gasteiger partial charge on any atom is -0.480 e. The summed E-state index contributed by atoms with van der Waals surface area (Å²) in [6, 6.07) is 9.57. The van der Waals surface area contributed by atoms with Crippen LogP contribution in [-0.2, 0) is 20.9 Å². The number of amides is 1. The molecule has 1 fully saturated rings. The highest BCUT2D eigenvalue weighted by atomic mass is 16.5. The van der Waals surface area contributed by atoms with Crippen molar-refractivity contribution < 1.29 is 19.4 Å². The van der Waals surface area contributed by atoms with Crippen molar-refractivity contribution in [2.45, 2.75) is 19.4 Å². The van der Waals surface area contributed by atoms with Gasteiger partial charge in [-0.3, -0.25) is 9.59 Å². The van der Waals surface area contributed by atoms with Crippen LogP contribution in [0.3, 0.4) is 0 Å². The first-order chi connectivity index (χ1) is 9.65. The van der Waals surface area contributed by atoms with Gasteiger partial charge in [-0.25, -0.2) is 0 Å². The molecule has 0 aromatic heterocycles. The molecule has 2 rings (SSSR count). The summed E-state index contributed by atoms with van der Waals surface area (Å²) in [5.74, 6) is -0.773. The Hall–Kier alpha value is -1.88. The Morgan fingerprint density at radius 3 is 2.55 bits per heavy atom. The largest absolute Gasteiger partial charge is 0.480 e. The Morgan fingerprint density at radius 2 is 1.95 bits per heavy atom. The molecular formula is C15H19NO4. The Bertz CT molecular complexity index is 456. The minimum absolute atomic E-state index is 0.0745. The second kappa shape index (κ2) is 7.05. The fourth-order valence-electron chi connectivity index (χ4n) is 1.95. The third-order valence-electron chi connectivity index (χ3n) is 3.19. The van der Waals surface area contributed by atoms with E-state index in [2.05, 4.69) is 0 Å². The Morgan fingerprint density at radius 1 is 1.25 bits per heavy atom. The standard InChI is InChI=1S/C15H19NO4/c17-14(11-20-10-13-4-2-1-3-5-13)16(9-15(18)19)8-12-6-7-12/h1-5,12H,6-11H2,(H,18,19). The Balaban J connectivity index is 1.76. The molecule has 1 amide bonds. The highest BCUT2D eigenvalue weighted by molar-refractivity contribution is 5.82. The van der Waals surface area contributed by atoms with E-state index in [0.29, 0.717) is 19.1 Å². The molecule has 1 aliphatic carbocycles. The number of carboxylic acid groups (broad SMARTS) is 1. The summed E-state index contributed by atoms with van der Waals surface area (Å²) in [5.41, 5.74) is 0.993. The summed E-state index contributed by atoms with van der Waals surface area (Å²) in [6.07, 6.45) is 2.16. The van der Waals surface area contributed by atoms with E-state index in [1.165, 1.54) is 4.90 Å². The summed E-state index contributed by atoms with van der Waals surface area (Å²) < 4.78 is 5.36. The van der Waals surface area contributed by atoms with Crippen LogP contribution in [-0.4, -0.2) is 41.6 Å². The predicted octanol–water partition coefficient (Wildman–Crippen LogP) is 1.53. The fraction of sp³-hybridized carbons (Fsp3) is 0.467. The monoisotopic (exact) mass is 277 g/mol. The van der Waals surface area contributed by atoms with E-state index in [0.717, 1.165) is 18.4 Å². The number of carboxylic acids is 1. The van der Waals surface area contributed by atoms with Crippen molar-refractivity contribution in [3.05, 3.63) is 35.9 Å². The lowest BCUT2D eigenvalue weighted by atomic mass is 10.2. The van der Waals surface area contributed by atoms with Crippen LogP contribution in [0.5, 0.6) is 0 Å². The van der Waals surface area contributed by atoms with Crippen LogP contribution in [0, 0.1) is 5.92 Å². The average molecular weight is 277 g/mol. The number of rotatable bonds is 8. The van der Waals surface area contributed by atoms with Crippen LogP contribution in [0.2, 0.25) is 0 Å². The van der Waals surface area contributed by atoms with Crippen molar-refractivity contribution >= 4 is 11.9 Å². The van der Waals surface area contributed by atoms with Crippen LogP contribution in [0.1, 0.15) is 18.4 Å². The second-order valence-corrected chi connectivity index (χ2v) is 5.09. The lowest BCUT2D eigenvalue weighted by Gasteiger charge is -2.20. The van der Waals surface area contributed by atoms with Gasteiger partial charge in [0.05, 0.1) is 6.61 Å². The maximum Gasteiger partial charge on any atom is 0.323 e. The predicted molar refractivity (Wildman–Crippen MR) is 73.0 cm³/mol. The molecular weight excluding hydrogens is 258 g/mol. The van der Waals surface area contributed by atoms with Gasteiger partial charge in [-0.15, -0.1) is 0 Å². The first-order valence-corrected chi connectivity index (χ1v) is 6.76. The SMILES string of the molecule is O=C(O)CN(CC1CC1)C(=O)COCc1ccccc1. The van der Waals surface area contributed by atoms with Crippen LogP contribution >= 0.6 is 0 Å². The molecule has 108 valence electrons. The van der Waals surface area contributed by atoms with Gasteiger partial charge in [0.15, 0.2) is 0 Å². The van der Waals surface area contributed by atoms with Gasteiger partial charge in [-0.2, -0.15) is 0 Å². The van der Waals surface area contributed by atoms with Gasteiger partial charge >= 0.3 is 5.97 Å². The summed E-state index contributed by atoms with van der Waals surface area (Å²) >= 11 is 0. The highest BCUT2D eigenvalue weighted by Crippen LogP contribution is 2.29. The van der Waals surface area contributed by atoms with Gasteiger partial charge in [0.2, 0.25) is 5.91 Å². The van der Waals surface area contributed by atoms with E-state index in [-0.39, 0.29) is 19.1 Å². The van der Waals surface area contributed by atoms with Crippen molar-refractivity contribution in [3.8, 4) is 0 Å². The molecule has 5 heteroatoms. The van der Waals surface area contributed by atoms with Crippen LogP contribution < -0.4 is 0 Å². The van der Waals surface area contributed by atoms with Crippen molar-refractivity contribution in [3.63, 3.8) is 0 Å². The van der Waals surface area contributed by atoms with Gasteiger partial charge in [-0.1, -0.05) is 30.3 Å². The van der Waals surface area contributed by atoms with Crippen molar-refractivity contribution in [2.75, 3.05) is 19.7 Å². The molecule has 0 heterocycles. The van der Waals surface area contributed by atoms with E-state index in [1.54, 1.807) is 0 Å². The van der Waals surface area contributed by atoms with E-state index >= 15 is 0 Å². The lowest BCUT2D eigenvalue weighted by molar-refractivity contribution is -0.146. The van der Waals surface area contributed by atoms with Crippen LogP contribution in [0.4, 0.5) is 0 Å². The molecule has 0 bridgehead atoms. The number of hydrogen-bond acceptors (Lipinski definition) is 3. The molecule has 0 saturated heterocycles. The van der Waals surface area contributed by atoms with Crippen molar-refractivity contribution in [1.29, 1.82) is 0 Å². The molecule has 0 aliphatic heterocycles. The maximum absolute atomic E-state index is 12.0. The first kappa shape index (κ1) is 14.5. The summed E-state index contributed by atoms with van der Waals surface area (Å²) in [5, 5.41) is 8.83. The molecule has 5 nitrogen and oxygen atoms in total. The van der Waals surface area contributed by atoms with Gasteiger partial charge in [0.1, 0.15) is 13.2 Å². The quantitative estimate of drug-likeness (QED) is 0.782. The topological polar surface area (TPSA) is 66.8 Å². The number of carbonyl (C=O) groups excluding carboxylic acids is 1. The minimum atomic E-state index is -0.984. The van der Waals surface area contributed by atoms with Crippen LogP contribution in [0.25, 0.3) is 0 Å². The zero-order valence-corrected chi connectivity index (χ0v) is 11.3. The van der Waals surface area contributed by atoms with Gasteiger partial charge in [0, 0.05) is 6.54 Å². The third-order valence-corrected chi connectivity index (χ3v) is 3.19. The Labute approximate surface area is 118 Å². The van der Waals surface area contributed by atoms with E-state index in [4.69, 9.17) is 9.84 Å². The normalized spacial score (nSPS) is 14.0. The van der Waals surface area contributed by atoms with Crippen molar-refractivity contribution in [2.24, 2.45) is 5.92 Å². The zero-order valence-electron chi connectivity index (χ0n) is 11.3. The van der Waals surface area contributed by atoms with Crippen LogP contribution in [0.15, 0.2) is 30.3 Å². The highest BCUT2D eigenvalue weighted by Gasteiger charge is 2.27. The molecule has 1 aromatic rings. The van der Waals surface area contributed by atoms with Gasteiger partial charge < -0.3 is 14.7 Å². The number of hydrogen-bond donors (Lipinski definition) is 1. The number of carbonyl (C=O) groups is 2. The van der Waals surface area contributed by atoms with E-state index in [1.807, 2.05) is 30.3 Å². The molecule has 1 aliphatic rings. The first-order valence-electron chi connectivity index (χ1n) is 6.76. The molecule has 0 unspecified atom stereocenters. The van der Waals surface area contributed by atoms with E-state index in [9.17, 15) is 9.59 Å². The second-order valence-electron chi connectivity index (χ2n) is 5.09. The number of ether oxygens (including phenoxy) is 1. The smallest absolute Gasteiger partial charge is 0.323 e. The van der Waals surface area contributed by atoms with Gasteiger partial charge in [0.25, 0.3) is 0 Å². The molecule has 1 N–H and O–H groups in total. The molecule has 0 spiro atoms. The summed E-state index contributed by atoms with van der Waals surface area (Å²) in [7, 11) is 0. The molecule has 0 atom stereocenters. The Kier molecular flexibility index (Phi) is 5.12. The fourth-order valence-corrected chi connectivity index (χ4v) is 1.95. The lowest BCUT2D eigenvalue weighted by Crippen LogP contribution is -2.39. The van der Waals surface area contributed by atoms with Crippen molar-refractivity contribution in [1.82, 2.24) is 4.90 Å². The molecule has 20 heavy (non-hydrogen) atoms. The molecule has 0 radical (unpaired) electrons. The maximum atomic E-state index is 12.0. The molecule has 1 aromatic carbocycles. The third kappa shape index (κ3) is 5.01. The average Bonchev–Trinajstić information content (AvgIpc) is 3.22. The number of aliphatic carboxylic acids is 1. The van der Waals surface area contributed by atoms with Gasteiger partial charge in [-0.05, 0) is 24.3 Å². The summed E-state index contributed by atoms with van der Waals surface area (Å²) in [4.78, 5) is 24.1. The zero-order chi connectivity index (χ0) is 14.4. The number of benzene rings is 1. The van der Waals surface area contributed by atoms with E-state index < -0.39 is 5.97 Å². The number of nitrogens with zero attached hydrogens (tertiary/aromatic N) is 1. The molecule has 1 saturated carbocycles. The summed E-state index contributed by atoms with van der Waals surface area (Å²) in [6.45, 7) is 0.565.